The number of carbonyl (C=O) groups is 2. The number of carboxylic acid groups (broad SMARTS) is 1. The lowest BCUT2D eigenvalue weighted by Gasteiger charge is -2.20. The lowest BCUT2D eigenvalue weighted by molar-refractivity contribution is 0.0689. The Hall–Kier alpha value is -2.15. The first-order valence-electron chi connectivity index (χ1n) is 7.10. The third-order valence-electron chi connectivity index (χ3n) is 4.10. The van der Waals surface area contributed by atoms with Crippen LogP contribution >= 0.6 is 15.9 Å². The Bertz CT molecular complexity index is 826. The number of carboxylic acids is 1. The van der Waals surface area contributed by atoms with Crippen LogP contribution in [0.25, 0.3) is 0 Å². The minimum absolute atomic E-state index is 0.134. The van der Waals surface area contributed by atoms with Crippen LogP contribution in [0.15, 0.2) is 28.7 Å². The van der Waals surface area contributed by atoms with Crippen LogP contribution < -0.4 is 4.90 Å². The molecule has 7 heteroatoms. The summed E-state index contributed by atoms with van der Waals surface area (Å²) in [5, 5.41) is 12.9. The van der Waals surface area contributed by atoms with Gasteiger partial charge in [0, 0.05) is 35.2 Å². The number of fused-ring (bicyclic) bond motifs is 1. The van der Waals surface area contributed by atoms with Gasteiger partial charge in [0.25, 0.3) is 5.91 Å². The molecule has 1 N–H and O–H groups in total. The fourth-order valence-electron chi connectivity index (χ4n) is 2.94. The van der Waals surface area contributed by atoms with Crippen molar-refractivity contribution in [1.29, 1.82) is 0 Å². The molecule has 0 radical (unpaired) electrons. The van der Waals surface area contributed by atoms with Crippen LogP contribution in [0.5, 0.6) is 0 Å². The molecule has 0 unspecified atom stereocenters. The Kier molecular flexibility index (Phi) is 3.55. The summed E-state index contributed by atoms with van der Waals surface area (Å²) in [5.41, 5.74) is 1.88. The number of hydrogen-bond donors (Lipinski definition) is 1. The van der Waals surface area contributed by atoms with E-state index in [-0.39, 0.29) is 22.7 Å². The van der Waals surface area contributed by atoms with Gasteiger partial charge in [-0.1, -0.05) is 29.8 Å². The highest BCUT2D eigenvalue weighted by molar-refractivity contribution is 9.10. The van der Waals surface area contributed by atoms with E-state index in [1.54, 1.807) is 11.9 Å². The second-order valence-electron chi connectivity index (χ2n) is 6.28. The van der Waals surface area contributed by atoms with E-state index in [0.717, 1.165) is 15.7 Å². The zero-order valence-corrected chi connectivity index (χ0v) is 14.6. The first-order chi connectivity index (χ1) is 10.7. The molecule has 2 aromatic rings. The van der Waals surface area contributed by atoms with Crippen LogP contribution in [0.3, 0.4) is 0 Å². The van der Waals surface area contributed by atoms with Gasteiger partial charge in [-0.05, 0) is 23.8 Å². The summed E-state index contributed by atoms with van der Waals surface area (Å²) in [5.74, 6) is -1.40. The summed E-state index contributed by atoms with van der Waals surface area (Å²) >= 11 is 3.47. The first kappa shape index (κ1) is 15.7. The molecule has 0 saturated carbocycles. The van der Waals surface area contributed by atoms with Crippen molar-refractivity contribution >= 4 is 33.5 Å². The fraction of sp³-hybridized carbons (Fsp3) is 0.312. The van der Waals surface area contributed by atoms with E-state index in [9.17, 15) is 9.59 Å². The number of aromatic carboxylic acids is 1. The Balaban J connectivity index is 2.04. The molecule has 0 aliphatic carbocycles. The molecule has 120 valence electrons. The van der Waals surface area contributed by atoms with E-state index in [4.69, 9.17) is 5.11 Å². The Labute approximate surface area is 141 Å². The van der Waals surface area contributed by atoms with Gasteiger partial charge >= 0.3 is 5.97 Å². The van der Waals surface area contributed by atoms with Crippen molar-refractivity contribution in [3.8, 4) is 0 Å². The summed E-state index contributed by atoms with van der Waals surface area (Å²) in [6.07, 6.45) is 0. The molecule has 1 aromatic carbocycles. The van der Waals surface area contributed by atoms with Gasteiger partial charge in [0.05, 0.1) is 0 Å². The third kappa shape index (κ3) is 2.55. The van der Waals surface area contributed by atoms with Gasteiger partial charge in [0.15, 0.2) is 5.69 Å². The summed E-state index contributed by atoms with van der Waals surface area (Å²) in [6, 6.07) is 7.13. The Morgan fingerprint density at radius 2 is 2.00 bits per heavy atom. The average molecular weight is 378 g/mol. The molecule has 6 nitrogen and oxygen atoms in total. The minimum Gasteiger partial charge on any atom is -0.476 e. The first-order valence-corrected chi connectivity index (χ1v) is 7.89. The number of carbonyl (C=O) groups excluding carboxylic acids is 1. The average Bonchev–Trinajstić information content (AvgIpc) is 2.97. The van der Waals surface area contributed by atoms with Gasteiger partial charge in [0.1, 0.15) is 5.69 Å². The van der Waals surface area contributed by atoms with Crippen LogP contribution in [-0.2, 0) is 12.5 Å². The van der Waals surface area contributed by atoms with Crippen LogP contribution in [0, 0.1) is 0 Å². The van der Waals surface area contributed by atoms with Gasteiger partial charge in [-0.2, -0.15) is 5.10 Å². The largest absolute Gasteiger partial charge is 0.476 e. The smallest absolute Gasteiger partial charge is 0.356 e. The summed E-state index contributed by atoms with van der Waals surface area (Å²) in [6.45, 7) is 4.69. The maximum Gasteiger partial charge on any atom is 0.356 e. The maximum absolute atomic E-state index is 12.9. The maximum atomic E-state index is 12.9. The molecule has 1 aliphatic heterocycles. The molecule has 1 amide bonds. The SMILES string of the molecule is Cn1nc(C(=O)O)cc1C(=O)N1CC(C)(C)c2cc(Br)ccc21. The van der Waals surface area contributed by atoms with Crippen LogP contribution in [-0.4, -0.2) is 33.3 Å². The molecule has 0 spiro atoms. The zero-order valence-electron chi connectivity index (χ0n) is 13.0. The number of rotatable bonds is 2. The molecule has 1 aliphatic rings. The molecule has 23 heavy (non-hydrogen) atoms. The van der Waals surface area contributed by atoms with Crippen molar-refractivity contribution in [1.82, 2.24) is 9.78 Å². The van der Waals surface area contributed by atoms with E-state index in [0.29, 0.717) is 6.54 Å². The van der Waals surface area contributed by atoms with E-state index in [2.05, 4.69) is 34.9 Å². The molecule has 3 rings (SSSR count). The van der Waals surface area contributed by atoms with Crippen LogP contribution in [0.4, 0.5) is 5.69 Å². The van der Waals surface area contributed by atoms with Crippen molar-refractivity contribution in [2.45, 2.75) is 19.3 Å². The molecule has 0 fully saturated rings. The Morgan fingerprint density at radius 3 is 2.61 bits per heavy atom. The van der Waals surface area contributed by atoms with Gasteiger partial charge in [-0.3, -0.25) is 9.48 Å². The lowest BCUT2D eigenvalue weighted by Crippen LogP contribution is -2.35. The monoisotopic (exact) mass is 377 g/mol. The summed E-state index contributed by atoms with van der Waals surface area (Å²) < 4.78 is 2.28. The number of aryl methyl sites for hydroxylation is 1. The molecular formula is C16H16BrN3O3. The van der Waals surface area contributed by atoms with E-state index < -0.39 is 5.97 Å². The van der Waals surface area contributed by atoms with Crippen molar-refractivity contribution in [3.05, 3.63) is 45.7 Å². The van der Waals surface area contributed by atoms with Crippen molar-refractivity contribution in [2.75, 3.05) is 11.4 Å². The second-order valence-corrected chi connectivity index (χ2v) is 7.20. The van der Waals surface area contributed by atoms with Crippen molar-refractivity contribution in [2.24, 2.45) is 7.05 Å². The fourth-order valence-corrected chi connectivity index (χ4v) is 3.30. The molecule has 2 heterocycles. The summed E-state index contributed by atoms with van der Waals surface area (Å²) in [7, 11) is 1.57. The minimum atomic E-state index is -1.15. The number of amides is 1. The summed E-state index contributed by atoms with van der Waals surface area (Å²) in [4.78, 5) is 25.6. The number of nitrogens with zero attached hydrogens (tertiary/aromatic N) is 3. The molecule has 1 aromatic heterocycles. The zero-order chi connectivity index (χ0) is 16.9. The highest BCUT2D eigenvalue weighted by Crippen LogP contribution is 2.42. The number of halogens is 1. The normalized spacial score (nSPS) is 15.6. The number of aromatic nitrogens is 2. The quantitative estimate of drug-likeness (QED) is 0.872. The van der Waals surface area contributed by atoms with Gasteiger partial charge in [-0.15, -0.1) is 0 Å². The van der Waals surface area contributed by atoms with E-state index in [1.165, 1.54) is 10.7 Å². The lowest BCUT2D eigenvalue weighted by atomic mass is 9.87. The standard InChI is InChI=1S/C16H16BrN3O3/c1-16(2)8-20(12-5-4-9(17)6-10(12)16)14(21)13-7-11(15(22)23)18-19(13)3/h4-7H,8H2,1-3H3,(H,22,23). The molecular weight excluding hydrogens is 362 g/mol. The van der Waals surface area contributed by atoms with Gasteiger partial charge < -0.3 is 10.0 Å². The molecule has 0 atom stereocenters. The van der Waals surface area contributed by atoms with Gasteiger partial charge in [-0.25, -0.2) is 4.79 Å². The van der Waals surface area contributed by atoms with Crippen molar-refractivity contribution < 1.29 is 14.7 Å². The number of hydrogen-bond acceptors (Lipinski definition) is 3. The highest BCUT2D eigenvalue weighted by atomic mass is 79.9. The van der Waals surface area contributed by atoms with Crippen LogP contribution in [0.1, 0.15) is 40.4 Å². The van der Waals surface area contributed by atoms with E-state index in [1.807, 2.05) is 18.2 Å². The van der Waals surface area contributed by atoms with Gasteiger partial charge in [0.2, 0.25) is 0 Å². The predicted octanol–water partition coefficient (Wildman–Crippen LogP) is 2.82. The van der Waals surface area contributed by atoms with Crippen LogP contribution in [0.2, 0.25) is 0 Å². The highest BCUT2D eigenvalue weighted by Gasteiger charge is 2.39. The number of benzene rings is 1. The Morgan fingerprint density at radius 1 is 1.30 bits per heavy atom. The van der Waals surface area contributed by atoms with Crippen molar-refractivity contribution in [3.63, 3.8) is 0 Å². The molecule has 0 bridgehead atoms. The topological polar surface area (TPSA) is 75.4 Å². The molecule has 0 saturated heterocycles. The number of anilines is 1. The second kappa shape index (κ2) is 5.19. The predicted molar refractivity (Wildman–Crippen MR) is 89.0 cm³/mol. The van der Waals surface area contributed by atoms with E-state index >= 15 is 0 Å². The third-order valence-corrected chi connectivity index (χ3v) is 4.59.